The lowest BCUT2D eigenvalue weighted by molar-refractivity contribution is -0.136. The number of hydrogen-bond donors (Lipinski definition) is 2. The Balaban J connectivity index is 1.75. The smallest absolute Gasteiger partial charge is 0.317 e. The number of furan rings is 1. The summed E-state index contributed by atoms with van der Waals surface area (Å²) in [7, 11) is 0. The minimum Gasteiger partial charge on any atom is -0.480 e. The average molecular weight is 364 g/mol. The molecule has 0 spiro atoms. The third kappa shape index (κ3) is 3.98. The van der Waals surface area contributed by atoms with Crippen molar-refractivity contribution in [3.8, 4) is 11.3 Å². The first-order valence-electron chi connectivity index (χ1n) is 7.14. The summed E-state index contributed by atoms with van der Waals surface area (Å²) in [5.41, 5.74) is 0.846. The summed E-state index contributed by atoms with van der Waals surface area (Å²) in [6.45, 7) is 1.74. The molecule has 2 aromatic heterocycles. The van der Waals surface area contributed by atoms with Gasteiger partial charge in [0.05, 0.1) is 0 Å². The maximum atomic E-state index is 11.5. The number of benzene rings is 1. The third-order valence-electron chi connectivity index (χ3n) is 3.26. The van der Waals surface area contributed by atoms with E-state index in [0.29, 0.717) is 27.5 Å². The number of aromatic amines is 1. The van der Waals surface area contributed by atoms with Gasteiger partial charge in [-0.25, -0.2) is 4.98 Å². The van der Waals surface area contributed by atoms with Gasteiger partial charge in [-0.3, -0.25) is 9.89 Å². The molecule has 0 amide bonds. The Bertz CT molecular complexity index is 862. The number of carboxylic acids is 1. The molecule has 0 aliphatic rings. The van der Waals surface area contributed by atoms with E-state index in [2.05, 4.69) is 15.2 Å². The van der Waals surface area contributed by atoms with Crippen molar-refractivity contribution in [3.05, 3.63) is 53.0 Å². The predicted molar refractivity (Wildman–Crippen MR) is 91.3 cm³/mol. The number of carbonyl (C=O) groups is 1. The third-order valence-corrected chi connectivity index (χ3v) is 4.56. The molecule has 0 fully saturated rings. The fourth-order valence-corrected chi connectivity index (χ4v) is 3.25. The van der Waals surface area contributed by atoms with Gasteiger partial charge in [-0.2, -0.15) is 5.10 Å². The molecule has 124 valence electrons. The van der Waals surface area contributed by atoms with E-state index in [1.807, 2.05) is 18.2 Å². The fourth-order valence-electron chi connectivity index (χ4n) is 2.16. The van der Waals surface area contributed by atoms with Crippen LogP contribution >= 0.6 is 23.4 Å². The van der Waals surface area contributed by atoms with E-state index in [9.17, 15) is 9.90 Å². The van der Waals surface area contributed by atoms with Gasteiger partial charge in [0, 0.05) is 17.0 Å². The van der Waals surface area contributed by atoms with Gasteiger partial charge >= 0.3 is 5.97 Å². The number of aryl methyl sites for hydroxylation is 1. The fraction of sp³-hybridized carbons (Fsp3) is 0.188. The van der Waals surface area contributed by atoms with Crippen LogP contribution in [0.2, 0.25) is 5.02 Å². The van der Waals surface area contributed by atoms with Crippen LogP contribution < -0.4 is 0 Å². The largest absolute Gasteiger partial charge is 0.480 e. The Morgan fingerprint density at radius 3 is 2.92 bits per heavy atom. The lowest BCUT2D eigenvalue weighted by Crippen LogP contribution is -2.19. The molecule has 1 atom stereocenters. The van der Waals surface area contributed by atoms with Gasteiger partial charge in [0.1, 0.15) is 22.6 Å². The van der Waals surface area contributed by atoms with Crippen LogP contribution in [0.5, 0.6) is 0 Å². The molecule has 2 heterocycles. The SMILES string of the molecule is Cc1n[nH]c(SC(Cc2ccc(-c3cccc(Cl)c3)o2)C(=O)O)n1. The summed E-state index contributed by atoms with van der Waals surface area (Å²) in [6, 6.07) is 10.9. The molecule has 0 saturated carbocycles. The van der Waals surface area contributed by atoms with Gasteiger partial charge in [-0.15, -0.1) is 0 Å². The molecule has 0 radical (unpaired) electrons. The molecular weight excluding hydrogens is 350 g/mol. The highest BCUT2D eigenvalue weighted by Crippen LogP contribution is 2.28. The Morgan fingerprint density at radius 1 is 1.42 bits per heavy atom. The van der Waals surface area contributed by atoms with Gasteiger partial charge in [-0.1, -0.05) is 35.5 Å². The molecule has 8 heteroatoms. The zero-order valence-corrected chi connectivity index (χ0v) is 14.3. The van der Waals surface area contributed by atoms with E-state index in [4.69, 9.17) is 16.0 Å². The van der Waals surface area contributed by atoms with Crippen LogP contribution in [0.4, 0.5) is 0 Å². The average Bonchev–Trinajstić information content (AvgIpc) is 3.16. The number of thioether (sulfide) groups is 1. The maximum absolute atomic E-state index is 11.5. The summed E-state index contributed by atoms with van der Waals surface area (Å²) in [4.78, 5) is 15.6. The van der Waals surface area contributed by atoms with E-state index in [1.165, 1.54) is 0 Å². The predicted octanol–water partition coefficient (Wildman–Crippen LogP) is 3.81. The number of hydrogen-bond acceptors (Lipinski definition) is 5. The van der Waals surface area contributed by atoms with Crippen molar-refractivity contribution in [2.75, 3.05) is 0 Å². The monoisotopic (exact) mass is 363 g/mol. The van der Waals surface area contributed by atoms with Crippen molar-refractivity contribution in [2.24, 2.45) is 0 Å². The molecule has 6 nitrogen and oxygen atoms in total. The number of aromatic nitrogens is 3. The second-order valence-corrected chi connectivity index (χ2v) is 6.74. The Hall–Kier alpha value is -2.25. The number of nitrogens with zero attached hydrogens (tertiary/aromatic N) is 2. The van der Waals surface area contributed by atoms with Crippen molar-refractivity contribution in [1.82, 2.24) is 15.2 Å². The van der Waals surface area contributed by atoms with E-state index >= 15 is 0 Å². The number of aliphatic carboxylic acids is 1. The van der Waals surface area contributed by atoms with Crippen LogP contribution in [0.3, 0.4) is 0 Å². The van der Waals surface area contributed by atoms with Crippen LogP contribution in [-0.4, -0.2) is 31.5 Å². The van der Waals surface area contributed by atoms with Crippen LogP contribution in [0, 0.1) is 6.92 Å². The van der Waals surface area contributed by atoms with Crippen molar-refractivity contribution in [3.63, 3.8) is 0 Å². The van der Waals surface area contributed by atoms with Crippen LogP contribution in [0.1, 0.15) is 11.6 Å². The lowest BCUT2D eigenvalue weighted by atomic mass is 10.2. The molecule has 0 aliphatic heterocycles. The number of carboxylic acid groups (broad SMARTS) is 1. The second-order valence-electron chi connectivity index (χ2n) is 5.11. The Labute approximate surface area is 147 Å². The maximum Gasteiger partial charge on any atom is 0.317 e. The zero-order chi connectivity index (χ0) is 17.1. The van der Waals surface area contributed by atoms with Crippen LogP contribution in [0.15, 0.2) is 46.0 Å². The summed E-state index contributed by atoms with van der Waals surface area (Å²) in [5.74, 6) is 0.871. The molecule has 0 aliphatic carbocycles. The standard InChI is InChI=1S/C16H14ClN3O3S/c1-9-18-16(20-19-9)24-14(15(21)22)8-12-5-6-13(23-12)10-3-2-4-11(17)7-10/h2-7,14H,8H2,1H3,(H,21,22)(H,18,19,20). The van der Waals surface area contributed by atoms with Crippen LogP contribution in [0.25, 0.3) is 11.3 Å². The van der Waals surface area contributed by atoms with Gasteiger partial charge in [0.15, 0.2) is 5.16 Å². The second kappa shape index (κ2) is 7.11. The normalized spacial score (nSPS) is 12.2. The highest BCUT2D eigenvalue weighted by atomic mass is 35.5. The van der Waals surface area contributed by atoms with Crippen molar-refractivity contribution >= 4 is 29.3 Å². The summed E-state index contributed by atoms with van der Waals surface area (Å²) in [5, 5.41) is 16.4. The van der Waals surface area contributed by atoms with Gasteiger partial charge in [0.25, 0.3) is 0 Å². The summed E-state index contributed by atoms with van der Waals surface area (Å²) >= 11 is 7.09. The minimum atomic E-state index is -0.935. The molecule has 3 rings (SSSR count). The number of H-pyrrole nitrogens is 1. The first-order chi connectivity index (χ1) is 11.5. The molecule has 1 unspecified atom stereocenters. The zero-order valence-electron chi connectivity index (χ0n) is 12.7. The molecule has 2 N–H and O–H groups in total. The number of rotatable bonds is 6. The molecule has 3 aromatic rings. The lowest BCUT2D eigenvalue weighted by Gasteiger charge is -2.08. The summed E-state index contributed by atoms with van der Waals surface area (Å²) in [6.07, 6.45) is 0.236. The van der Waals surface area contributed by atoms with E-state index < -0.39 is 11.2 Å². The van der Waals surface area contributed by atoms with Gasteiger partial charge in [-0.05, 0) is 31.2 Å². The van der Waals surface area contributed by atoms with Crippen LogP contribution in [-0.2, 0) is 11.2 Å². The topological polar surface area (TPSA) is 92.0 Å². The van der Waals surface area contributed by atoms with E-state index in [0.717, 1.165) is 17.3 Å². The first-order valence-corrected chi connectivity index (χ1v) is 8.40. The minimum absolute atomic E-state index is 0.236. The molecule has 1 aromatic carbocycles. The van der Waals surface area contributed by atoms with Crippen molar-refractivity contribution in [2.45, 2.75) is 23.8 Å². The van der Waals surface area contributed by atoms with Gasteiger partial charge in [0.2, 0.25) is 0 Å². The summed E-state index contributed by atoms with van der Waals surface area (Å²) < 4.78 is 5.77. The Kier molecular flexibility index (Phi) is 4.92. The highest BCUT2D eigenvalue weighted by molar-refractivity contribution is 8.00. The first kappa shape index (κ1) is 16.6. The van der Waals surface area contributed by atoms with E-state index in [-0.39, 0.29) is 6.42 Å². The Morgan fingerprint density at radius 2 is 2.25 bits per heavy atom. The number of halogens is 1. The number of nitrogens with one attached hydrogen (secondary N) is 1. The molecule has 0 bridgehead atoms. The quantitative estimate of drug-likeness (QED) is 0.647. The molecule has 24 heavy (non-hydrogen) atoms. The van der Waals surface area contributed by atoms with Crippen molar-refractivity contribution < 1.29 is 14.3 Å². The van der Waals surface area contributed by atoms with E-state index in [1.54, 1.807) is 25.1 Å². The molecule has 0 saturated heterocycles. The molecular formula is C16H14ClN3O3S. The van der Waals surface area contributed by atoms with Gasteiger partial charge < -0.3 is 9.52 Å². The van der Waals surface area contributed by atoms with Crippen molar-refractivity contribution in [1.29, 1.82) is 0 Å². The highest BCUT2D eigenvalue weighted by Gasteiger charge is 2.23.